The van der Waals surface area contributed by atoms with Gasteiger partial charge in [-0.2, -0.15) is 4.31 Å². The number of ketones is 1. The number of aromatic nitrogens is 1. The molecule has 0 unspecified atom stereocenters. The van der Waals surface area contributed by atoms with E-state index in [0.29, 0.717) is 16.8 Å². The van der Waals surface area contributed by atoms with Gasteiger partial charge in [-0.3, -0.25) is 9.59 Å². The van der Waals surface area contributed by atoms with E-state index in [1.807, 2.05) is 0 Å². The van der Waals surface area contributed by atoms with Crippen molar-refractivity contribution in [2.75, 3.05) is 14.2 Å². The van der Waals surface area contributed by atoms with Gasteiger partial charge in [-0.1, -0.05) is 12.1 Å². The number of sulfonamides is 1. The minimum atomic E-state index is -3.58. The quantitative estimate of drug-likeness (QED) is 0.434. The second-order valence-electron chi connectivity index (χ2n) is 7.74. The number of Topliss-reactive ketones (excluding diaryl/α,β-unsaturated/α-hetero) is 1. The monoisotopic (exact) mass is 463 g/mol. The van der Waals surface area contributed by atoms with Gasteiger partial charge in [0.05, 0.1) is 29.7 Å². The average Bonchev–Trinajstić information content (AvgIpc) is 3.07. The first kappa shape index (κ1) is 25.3. The number of amides is 1. The lowest BCUT2D eigenvalue weighted by atomic mass is 10.1. The number of nitrogens with zero attached hydrogens (tertiary/aromatic N) is 1. The third-order valence-corrected chi connectivity index (χ3v) is 7.27. The summed E-state index contributed by atoms with van der Waals surface area (Å²) in [5.74, 6) is -1.25. The normalized spacial score (nSPS) is 11.6. The number of carbonyl (C=O) groups excluding carboxylic acids is 3. The lowest BCUT2D eigenvalue weighted by molar-refractivity contribution is -0.120. The van der Waals surface area contributed by atoms with E-state index in [1.54, 1.807) is 32.9 Å². The summed E-state index contributed by atoms with van der Waals surface area (Å²) in [5.41, 5.74) is 1.89. The maximum atomic E-state index is 12.5. The third kappa shape index (κ3) is 5.43. The molecule has 32 heavy (non-hydrogen) atoms. The van der Waals surface area contributed by atoms with Crippen LogP contribution >= 0.6 is 0 Å². The van der Waals surface area contributed by atoms with Gasteiger partial charge in [0, 0.05) is 32.3 Å². The molecule has 0 fully saturated rings. The van der Waals surface area contributed by atoms with Crippen molar-refractivity contribution < 1.29 is 27.5 Å². The molecule has 1 aromatic heterocycles. The lowest BCUT2D eigenvalue weighted by Gasteiger charge is -2.21. The van der Waals surface area contributed by atoms with E-state index >= 15 is 0 Å². The summed E-state index contributed by atoms with van der Waals surface area (Å²) in [6.45, 7) is 6.74. The number of aromatic amines is 1. The summed E-state index contributed by atoms with van der Waals surface area (Å²) in [6.07, 6.45) is -0.149. The molecule has 0 bridgehead atoms. The predicted octanol–water partition coefficient (Wildman–Crippen LogP) is 2.20. The Kier molecular flexibility index (Phi) is 7.97. The highest BCUT2D eigenvalue weighted by molar-refractivity contribution is 7.89. The van der Waals surface area contributed by atoms with Crippen LogP contribution in [0.4, 0.5) is 0 Å². The van der Waals surface area contributed by atoms with Crippen LogP contribution in [0.15, 0.2) is 29.2 Å². The van der Waals surface area contributed by atoms with Crippen LogP contribution in [0.5, 0.6) is 0 Å². The molecular weight excluding hydrogens is 434 g/mol. The van der Waals surface area contributed by atoms with E-state index in [2.05, 4.69) is 10.3 Å². The molecule has 1 heterocycles. The summed E-state index contributed by atoms with van der Waals surface area (Å²) in [5, 5.41) is 2.73. The maximum absolute atomic E-state index is 12.5. The van der Waals surface area contributed by atoms with E-state index in [9.17, 15) is 22.8 Å². The van der Waals surface area contributed by atoms with Crippen molar-refractivity contribution in [3.63, 3.8) is 0 Å². The van der Waals surface area contributed by atoms with Gasteiger partial charge >= 0.3 is 5.97 Å². The summed E-state index contributed by atoms with van der Waals surface area (Å²) < 4.78 is 31.1. The topological polar surface area (TPSA) is 126 Å². The van der Waals surface area contributed by atoms with Crippen LogP contribution in [-0.4, -0.2) is 55.6 Å². The largest absolute Gasteiger partial charge is 0.465 e. The predicted molar refractivity (Wildman–Crippen MR) is 119 cm³/mol. The Balaban J connectivity index is 2.10. The van der Waals surface area contributed by atoms with Crippen molar-refractivity contribution in [2.45, 2.75) is 51.6 Å². The van der Waals surface area contributed by atoms with E-state index < -0.39 is 16.0 Å². The number of hydrogen-bond acceptors (Lipinski definition) is 6. The molecule has 1 aromatic carbocycles. The molecule has 0 aliphatic carbocycles. The maximum Gasteiger partial charge on any atom is 0.339 e. The molecule has 0 saturated carbocycles. The molecule has 174 valence electrons. The van der Waals surface area contributed by atoms with Crippen molar-refractivity contribution in [3.8, 4) is 0 Å². The fourth-order valence-electron chi connectivity index (χ4n) is 3.17. The van der Waals surface area contributed by atoms with Crippen LogP contribution < -0.4 is 5.32 Å². The Morgan fingerprint density at radius 1 is 1.16 bits per heavy atom. The van der Waals surface area contributed by atoms with Crippen molar-refractivity contribution in [3.05, 3.63) is 52.3 Å². The van der Waals surface area contributed by atoms with Crippen LogP contribution in [0.2, 0.25) is 0 Å². The smallest absolute Gasteiger partial charge is 0.339 e. The van der Waals surface area contributed by atoms with Crippen LogP contribution in [-0.2, 0) is 32.5 Å². The van der Waals surface area contributed by atoms with E-state index in [0.717, 1.165) is 0 Å². The first-order valence-electron chi connectivity index (χ1n) is 10.0. The highest BCUT2D eigenvalue weighted by atomic mass is 32.2. The molecule has 2 rings (SSSR count). The van der Waals surface area contributed by atoms with Crippen LogP contribution in [0.3, 0.4) is 0 Å². The van der Waals surface area contributed by atoms with Gasteiger partial charge in [-0.25, -0.2) is 13.2 Å². The zero-order valence-corrected chi connectivity index (χ0v) is 19.9. The second kappa shape index (κ2) is 10.1. The molecule has 2 aromatic rings. The number of methoxy groups -OCH3 is 1. The van der Waals surface area contributed by atoms with Crippen molar-refractivity contribution in [2.24, 2.45) is 0 Å². The number of nitrogens with one attached hydrogen (secondary N) is 2. The number of hydrogen-bond donors (Lipinski definition) is 2. The third-order valence-electron chi connectivity index (χ3n) is 5.22. The molecule has 0 aliphatic heterocycles. The summed E-state index contributed by atoms with van der Waals surface area (Å²) in [7, 11) is -0.825. The Morgan fingerprint density at radius 2 is 1.75 bits per heavy atom. The number of carbonyl (C=O) groups is 3. The lowest BCUT2D eigenvalue weighted by Crippen LogP contribution is -2.33. The van der Waals surface area contributed by atoms with Crippen molar-refractivity contribution >= 4 is 27.7 Å². The van der Waals surface area contributed by atoms with Gasteiger partial charge in [0.25, 0.3) is 0 Å². The number of ether oxygens (including phenoxy) is 1. The van der Waals surface area contributed by atoms with Crippen LogP contribution in [0, 0.1) is 6.92 Å². The second-order valence-corrected chi connectivity index (χ2v) is 9.74. The van der Waals surface area contributed by atoms with Gasteiger partial charge in [0.15, 0.2) is 5.78 Å². The Labute approximate surface area is 188 Å². The molecule has 1 amide bonds. The minimum Gasteiger partial charge on any atom is -0.465 e. The Morgan fingerprint density at radius 3 is 2.25 bits per heavy atom. The van der Waals surface area contributed by atoms with Crippen LogP contribution in [0.25, 0.3) is 0 Å². The van der Waals surface area contributed by atoms with Gasteiger partial charge in [-0.15, -0.1) is 0 Å². The minimum absolute atomic E-state index is 0.149. The summed E-state index contributed by atoms with van der Waals surface area (Å²) >= 11 is 0. The van der Waals surface area contributed by atoms with E-state index in [4.69, 9.17) is 4.74 Å². The van der Waals surface area contributed by atoms with Crippen molar-refractivity contribution in [1.29, 1.82) is 0 Å². The first-order chi connectivity index (χ1) is 14.9. The number of esters is 1. The highest BCUT2D eigenvalue weighted by Crippen LogP contribution is 2.21. The zero-order valence-electron chi connectivity index (χ0n) is 19.1. The fraction of sp³-hybridized carbons (Fsp3) is 0.409. The molecule has 0 saturated heterocycles. The molecule has 2 N–H and O–H groups in total. The summed E-state index contributed by atoms with van der Waals surface area (Å²) in [4.78, 5) is 39.4. The molecule has 9 nitrogen and oxygen atoms in total. The number of rotatable bonds is 9. The van der Waals surface area contributed by atoms with Crippen molar-refractivity contribution in [1.82, 2.24) is 14.6 Å². The highest BCUT2D eigenvalue weighted by Gasteiger charge is 2.25. The number of benzene rings is 1. The molecule has 0 aliphatic rings. The molecule has 0 radical (unpaired) electrons. The number of H-pyrrole nitrogens is 1. The SMILES string of the molecule is COC(=O)c1c(CC(=O)NCc2ccc(S(=O)(=O)N(C)C(C)C)cc2)[nH]c(C(C)=O)c1C. The molecule has 0 spiro atoms. The van der Waals surface area contributed by atoms with Crippen LogP contribution in [0.1, 0.15) is 58.4 Å². The summed E-state index contributed by atoms with van der Waals surface area (Å²) in [6, 6.07) is 6.09. The fourth-order valence-corrected chi connectivity index (χ4v) is 4.54. The molecule has 10 heteroatoms. The first-order valence-corrected chi connectivity index (χ1v) is 11.5. The standard InChI is InChI=1S/C22H29N3O6S/c1-13(2)25(5)32(29,30)17-9-7-16(8-10-17)12-23-19(27)11-18-20(22(28)31-6)14(3)21(24-18)15(4)26/h7-10,13,24H,11-12H2,1-6H3,(H,23,27). The van der Waals surface area contributed by atoms with E-state index in [-0.39, 0.29) is 46.9 Å². The Hall–Kier alpha value is -2.98. The average molecular weight is 464 g/mol. The van der Waals surface area contributed by atoms with Gasteiger partial charge in [0.1, 0.15) is 0 Å². The zero-order chi connectivity index (χ0) is 24.2. The molecular formula is C22H29N3O6S. The van der Waals surface area contributed by atoms with Gasteiger partial charge in [-0.05, 0) is 44.0 Å². The van der Waals surface area contributed by atoms with E-state index in [1.165, 1.54) is 37.5 Å². The van der Waals surface area contributed by atoms with Gasteiger partial charge in [0.2, 0.25) is 15.9 Å². The van der Waals surface area contributed by atoms with Gasteiger partial charge < -0.3 is 15.0 Å². The molecule has 0 atom stereocenters. The Bertz CT molecular complexity index is 1120.